The van der Waals surface area contributed by atoms with Crippen LogP contribution in [0.25, 0.3) is 10.8 Å². The first-order valence-electron chi connectivity index (χ1n) is 11.5. The molecule has 2 aromatic carbocycles. The van der Waals surface area contributed by atoms with Crippen LogP contribution in [0.1, 0.15) is 96.0 Å². The lowest BCUT2D eigenvalue weighted by atomic mass is 10.0. The number of fused-ring (bicyclic) bond motifs is 1. The molecule has 0 nitrogen and oxygen atoms in total. The molecule has 0 spiro atoms. The van der Waals surface area contributed by atoms with Gasteiger partial charge in [-0.15, -0.1) is 0 Å². The molecule has 0 unspecified atom stereocenters. The maximum atomic E-state index is 2.40. The summed E-state index contributed by atoms with van der Waals surface area (Å²) in [5.41, 5.74) is 1.48. The molecule has 0 aromatic heterocycles. The van der Waals surface area contributed by atoms with Crippen molar-refractivity contribution in [3.8, 4) is 0 Å². The predicted octanol–water partition coefficient (Wildman–Crippen LogP) is 9.03. The summed E-state index contributed by atoms with van der Waals surface area (Å²) in [5.74, 6) is 0. The highest BCUT2D eigenvalue weighted by Crippen LogP contribution is 2.20. The molecular weight excluding hydrogens is 324 g/mol. The van der Waals surface area contributed by atoms with E-state index in [9.17, 15) is 0 Å². The van der Waals surface area contributed by atoms with Gasteiger partial charge in [0.25, 0.3) is 0 Å². The van der Waals surface area contributed by atoms with E-state index < -0.39 is 0 Å². The molecule has 0 fully saturated rings. The van der Waals surface area contributed by atoms with Crippen molar-refractivity contribution in [3.05, 3.63) is 60.2 Å². The Bertz CT molecular complexity index is 632. The summed E-state index contributed by atoms with van der Waals surface area (Å²) in [6.07, 6.45) is 24.0. The Morgan fingerprint density at radius 2 is 1.19 bits per heavy atom. The minimum atomic E-state index is 1.15. The van der Waals surface area contributed by atoms with Crippen LogP contribution in [0, 0.1) is 0 Å². The highest BCUT2D eigenvalue weighted by Gasteiger charge is 1.98. The van der Waals surface area contributed by atoms with Crippen LogP contribution < -0.4 is 0 Å². The fourth-order valence-electron chi connectivity index (χ4n) is 3.91. The molecule has 0 radical (unpaired) electrons. The van der Waals surface area contributed by atoms with E-state index in [0.29, 0.717) is 0 Å². The number of unbranched alkanes of at least 4 members (excludes halogenated alkanes) is 11. The summed E-state index contributed by atoms with van der Waals surface area (Å²) in [5, 5.41) is 2.78. The van der Waals surface area contributed by atoms with Gasteiger partial charge in [-0.05, 0) is 42.0 Å². The molecule has 2 aromatic rings. The van der Waals surface area contributed by atoms with E-state index in [2.05, 4.69) is 61.5 Å². The lowest BCUT2D eigenvalue weighted by molar-refractivity contribution is 0.550. The molecule has 2 rings (SSSR count). The lowest BCUT2D eigenvalue weighted by Crippen LogP contribution is -1.86. The number of benzene rings is 2. The molecule has 0 bridgehead atoms. The molecule has 27 heavy (non-hydrogen) atoms. The summed E-state index contributed by atoms with van der Waals surface area (Å²) < 4.78 is 0. The normalized spacial score (nSPS) is 11.6. The van der Waals surface area contributed by atoms with Crippen molar-refractivity contribution in [2.75, 3.05) is 0 Å². The number of aryl methyl sites for hydroxylation is 1. The number of hydrogen-bond acceptors (Lipinski definition) is 0. The Balaban J connectivity index is 1.45. The van der Waals surface area contributed by atoms with Gasteiger partial charge in [0, 0.05) is 0 Å². The first-order chi connectivity index (χ1) is 13.4. The van der Waals surface area contributed by atoms with Crippen LogP contribution in [-0.4, -0.2) is 0 Å². The minimum absolute atomic E-state index is 1.15. The van der Waals surface area contributed by atoms with Gasteiger partial charge in [-0.1, -0.05) is 126 Å². The fraction of sp³-hybridized carbons (Fsp3) is 0.556. The van der Waals surface area contributed by atoms with Gasteiger partial charge in [0.2, 0.25) is 0 Å². The van der Waals surface area contributed by atoms with Crippen molar-refractivity contribution in [3.63, 3.8) is 0 Å². The third kappa shape index (κ3) is 9.27. The number of allylic oxidation sites excluding steroid dienone is 2. The van der Waals surface area contributed by atoms with Crippen molar-refractivity contribution in [1.82, 2.24) is 0 Å². The largest absolute Gasteiger partial charge is 0.0885 e. The highest BCUT2D eigenvalue weighted by molar-refractivity contribution is 5.85. The van der Waals surface area contributed by atoms with Gasteiger partial charge in [0.1, 0.15) is 0 Å². The first-order valence-corrected chi connectivity index (χ1v) is 11.5. The monoisotopic (exact) mass is 364 g/mol. The summed E-state index contributed by atoms with van der Waals surface area (Å²) in [4.78, 5) is 0. The third-order valence-electron chi connectivity index (χ3n) is 5.60. The van der Waals surface area contributed by atoms with Crippen molar-refractivity contribution in [1.29, 1.82) is 0 Å². The molecule has 0 N–H and O–H groups in total. The van der Waals surface area contributed by atoms with E-state index in [0.717, 1.165) is 12.8 Å². The van der Waals surface area contributed by atoms with Crippen LogP contribution in [0.2, 0.25) is 0 Å². The smallest absolute Gasteiger partial charge is 0.0152 e. The highest BCUT2D eigenvalue weighted by atomic mass is 14.0. The zero-order valence-corrected chi connectivity index (χ0v) is 17.6. The van der Waals surface area contributed by atoms with Crippen LogP contribution in [0.3, 0.4) is 0 Å². The quantitative estimate of drug-likeness (QED) is 0.218. The van der Waals surface area contributed by atoms with Crippen molar-refractivity contribution >= 4 is 10.8 Å². The molecule has 0 aliphatic heterocycles. The Morgan fingerprint density at radius 3 is 1.93 bits per heavy atom. The van der Waals surface area contributed by atoms with Crippen LogP contribution in [0.5, 0.6) is 0 Å². The molecule has 0 aliphatic rings. The van der Waals surface area contributed by atoms with Crippen molar-refractivity contribution < 1.29 is 0 Å². The second kappa shape index (κ2) is 14.5. The van der Waals surface area contributed by atoms with E-state index in [1.807, 2.05) is 0 Å². The van der Waals surface area contributed by atoms with Gasteiger partial charge in [0.15, 0.2) is 0 Å². The molecular formula is C27H40. The average Bonchev–Trinajstić information content (AvgIpc) is 2.71. The molecule has 0 heterocycles. The van der Waals surface area contributed by atoms with E-state index in [1.54, 1.807) is 0 Å². The predicted molar refractivity (Wildman–Crippen MR) is 122 cm³/mol. The van der Waals surface area contributed by atoms with E-state index in [1.165, 1.54) is 93.4 Å². The average molecular weight is 365 g/mol. The Labute approximate surface area is 168 Å². The van der Waals surface area contributed by atoms with E-state index in [-0.39, 0.29) is 0 Å². The molecule has 0 amide bonds. The van der Waals surface area contributed by atoms with Crippen molar-refractivity contribution in [2.24, 2.45) is 0 Å². The van der Waals surface area contributed by atoms with Gasteiger partial charge in [-0.3, -0.25) is 0 Å². The SMILES string of the molecule is CCCCCCCCCCCCC/C=C/CCc1cccc2ccccc12. The summed E-state index contributed by atoms with van der Waals surface area (Å²) in [7, 11) is 0. The maximum absolute atomic E-state index is 2.40. The van der Waals surface area contributed by atoms with Crippen LogP contribution in [-0.2, 0) is 6.42 Å². The zero-order valence-electron chi connectivity index (χ0n) is 17.6. The Morgan fingerprint density at radius 1 is 0.593 bits per heavy atom. The summed E-state index contributed by atoms with van der Waals surface area (Å²) in [6, 6.07) is 15.4. The standard InChI is InChI=1S/C27H40/c1-2-3-4-5-6-7-8-9-10-11-12-13-14-15-16-20-25-22-19-23-26-21-17-18-24-27(25)26/h14-15,17-19,21-24H,2-13,16,20H2,1H3/b15-14+. The Hall–Kier alpha value is -1.56. The first kappa shape index (κ1) is 21.7. The Kier molecular flexibility index (Phi) is 11.7. The number of hydrogen-bond donors (Lipinski definition) is 0. The van der Waals surface area contributed by atoms with Gasteiger partial charge in [-0.25, -0.2) is 0 Å². The van der Waals surface area contributed by atoms with E-state index in [4.69, 9.17) is 0 Å². The number of rotatable bonds is 15. The molecule has 0 saturated heterocycles. The maximum Gasteiger partial charge on any atom is -0.0152 e. The molecule has 0 heteroatoms. The van der Waals surface area contributed by atoms with Gasteiger partial charge < -0.3 is 0 Å². The second-order valence-corrected chi connectivity index (χ2v) is 7.97. The van der Waals surface area contributed by atoms with Crippen LogP contribution in [0.15, 0.2) is 54.6 Å². The van der Waals surface area contributed by atoms with Crippen LogP contribution in [0.4, 0.5) is 0 Å². The molecule has 0 aliphatic carbocycles. The fourth-order valence-corrected chi connectivity index (χ4v) is 3.91. The third-order valence-corrected chi connectivity index (χ3v) is 5.60. The second-order valence-electron chi connectivity index (χ2n) is 7.97. The molecule has 148 valence electrons. The lowest BCUT2D eigenvalue weighted by Gasteiger charge is -2.04. The minimum Gasteiger partial charge on any atom is -0.0885 e. The summed E-state index contributed by atoms with van der Waals surface area (Å²) >= 11 is 0. The molecule has 0 saturated carbocycles. The topological polar surface area (TPSA) is 0 Å². The van der Waals surface area contributed by atoms with Crippen LogP contribution >= 0.6 is 0 Å². The van der Waals surface area contributed by atoms with Gasteiger partial charge in [0.05, 0.1) is 0 Å². The zero-order chi connectivity index (χ0) is 19.0. The van der Waals surface area contributed by atoms with Gasteiger partial charge in [-0.2, -0.15) is 0 Å². The summed E-state index contributed by atoms with van der Waals surface area (Å²) in [6.45, 7) is 2.29. The van der Waals surface area contributed by atoms with Crippen molar-refractivity contribution in [2.45, 2.75) is 96.8 Å². The van der Waals surface area contributed by atoms with E-state index >= 15 is 0 Å². The molecule has 0 atom stereocenters. The van der Waals surface area contributed by atoms with Gasteiger partial charge >= 0.3 is 0 Å².